The molecule has 0 unspecified atom stereocenters. The quantitative estimate of drug-likeness (QED) is 0.797. The third-order valence-corrected chi connectivity index (χ3v) is 4.02. The Morgan fingerprint density at radius 2 is 2.17 bits per heavy atom. The summed E-state index contributed by atoms with van der Waals surface area (Å²) in [5.74, 6) is 2.27. The van der Waals surface area contributed by atoms with E-state index in [0.717, 1.165) is 35.4 Å². The minimum Gasteiger partial charge on any atom is -0.461 e. The highest BCUT2D eigenvalue weighted by molar-refractivity contribution is 5.97. The maximum atomic E-state index is 12.4. The molecular weight excluding hydrogens is 294 g/mol. The molecule has 2 aromatic heterocycles. The van der Waals surface area contributed by atoms with Crippen LogP contribution < -0.4 is 5.32 Å². The number of hydrogen-bond acceptors (Lipinski definition) is 5. The Labute approximate surface area is 132 Å². The van der Waals surface area contributed by atoms with Gasteiger partial charge in [-0.25, -0.2) is 0 Å². The molecule has 0 spiro atoms. The predicted octanol–water partition coefficient (Wildman–Crippen LogP) is 3.49. The molecule has 4 rings (SSSR count). The van der Waals surface area contributed by atoms with Gasteiger partial charge < -0.3 is 14.3 Å². The van der Waals surface area contributed by atoms with Crippen molar-refractivity contribution in [3.05, 3.63) is 47.3 Å². The third kappa shape index (κ3) is 2.72. The standard InChI is InChI=1S/C17H17N3O3/c1-9-7-13-8-12(5-6-14(13)22-9)16(21)18-10(2)17-19-15(20-23-17)11-3-4-11/h5-8,10-11H,3-4H2,1-2H3,(H,18,21)/t10-/m1/s1. The Morgan fingerprint density at radius 1 is 1.35 bits per heavy atom. The Hall–Kier alpha value is -2.63. The van der Waals surface area contributed by atoms with Gasteiger partial charge in [0.2, 0.25) is 5.89 Å². The van der Waals surface area contributed by atoms with Crippen LogP contribution in [0.2, 0.25) is 0 Å². The summed E-state index contributed by atoms with van der Waals surface area (Å²) in [7, 11) is 0. The summed E-state index contributed by atoms with van der Waals surface area (Å²) in [6, 6.07) is 6.95. The van der Waals surface area contributed by atoms with Gasteiger partial charge in [0.15, 0.2) is 5.82 Å². The number of amides is 1. The van der Waals surface area contributed by atoms with Crippen molar-refractivity contribution < 1.29 is 13.7 Å². The largest absolute Gasteiger partial charge is 0.461 e. The van der Waals surface area contributed by atoms with Gasteiger partial charge in [0.1, 0.15) is 17.4 Å². The topological polar surface area (TPSA) is 81.2 Å². The van der Waals surface area contributed by atoms with Crippen molar-refractivity contribution in [2.24, 2.45) is 0 Å². The first-order valence-corrected chi connectivity index (χ1v) is 7.75. The first-order valence-electron chi connectivity index (χ1n) is 7.75. The average Bonchev–Trinajstić information content (AvgIpc) is 3.12. The second kappa shape index (κ2) is 5.22. The molecule has 2 heterocycles. The average molecular weight is 311 g/mol. The number of aromatic nitrogens is 2. The summed E-state index contributed by atoms with van der Waals surface area (Å²) in [6.45, 7) is 3.72. The Morgan fingerprint density at radius 3 is 2.96 bits per heavy atom. The molecule has 1 N–H and O–H groups in total. The highest BCUT2D eigenvalue weighted by Gasteiger charge is 2.29. The summed E-state index contributed by atoms with van der Waals surface area (Å²) in [5, 5.41) is 7.78. The van der Waals surface area contributed by atoms with Crippen molar-refractivity contribution in [1.29, 1.82) is 0 Å². The molecule has 0 saturated heterocycles. The molecule has 1 aliphatic carbocycles. The van der Waals surface area contributed by atoms with Crippen molar-refractivity contribution in [3.8, 4) is 0 Å². The van der Waals surface area contributed by atoms with E-state index in [-0.39, 0.29) is 11.9 Å². The van der Waals surface area contributed by atoms with Crippen LogP contribution in [0.15, 0.2) is 33.2 Å². The number of nitrogens with zero attached hydrogens (tertiary/aromatic N) is 2. The molecule has 6 nitrogen and oxygen atoms in total. The molecule has 0 radical (unpaired) electrons. The number of benzene rings is 1. The van der Waals surface area contributed by atoms with E-state index >= 15 is 0 Å². The van der Waals surface area contributed by atoms with Crippen LogP contribution in [-0.4, -0.2) is 16.0 Å². The van der Waals surface area contributed by atoms with Crippen LogP contribution in [-0.2, 0) is 0 Å². The molecule has 118 valence electrons. The van der Waals surface area contributed by atoms with Crippen molar-refractivity contribution >= 4 is 16.9 Å². The van der Waals surface area contributed by atoms with Crippen LogP contribution in [0.25, 0.3) is 11.0 Å². The minimum absolute atomic E-state index is 0.176. The molecular formula is C17H17N3O3. The first kappa shape index (κ1) is 14.0. The van der Waals surface area contributed by atoms with Gasteiger partial charge in [0.05, 0.1) is 0 Å². The molecule has 0 bridgehead atoms. The second-order valence-electron chi connectivity index (χ2n) is 6.07. The lowest BCUT2D eigenvalue weighted by molar-refractivity contribution is 0.0932. The van der Waals surface area contributed by atoms with E-state index in [1.54, 1.807) is 12.1 Å². The van der Waals surface area contributed by atoms with Crippen LogP contribution in [0, 0.1) is 6.92 Å². The molecule has 1 aromatic carbocycles. The van der Waals surface area contributed by atoms with Crippen LogP contribution >= 0.6 is 0 Å². The van der Waals surface area contributed by atoms with Crippen molar-refractivity contribution in [2.75, 3.05) is 0 Å². The maximum Gasteiger partial charge on any atom is 0.251 e. The summed E-state index contributed by atoms with van der Waals surface area (Å²) >= 11 is 0. The van der Waals surface area contributed by atoms with Gasteiger partial charge in [-0.15, -0.1) is 0 Å². The lowest BCUT2D eigenvalue weighted by atomic mass is 10.1. The van der Waals surface area contributed by atoms with Crippen molar-refractivity contribution in [3.63, 3.8) is 0 Å². The van der Waals surface area contributed by atoms with E-state index in [9.17, 15) is 4.79 Å². The summed E-state index contributed by atoms with van der Waals surface area (Å²) < 4.78 is 10.8. The minimum atomic E-state index is -0.329. The van der Waals surface area contributed by atoms with Gasteiger partial charge in [0, 0.05) is 16.9 Å². The lowest BCUT2D eigenvalue weighted by Crippen LogP contribution is -2.26. The molecule has 6 heteroatoms. The molecule has 1 saturated carbocycles. The number of carbonyl (C=O) groups is 1. The molecule has 1 atom stereocenters. The fourth-order valence-electron chi connectivity index (χ4n) is 2.59. The Balaban J connectivity index is 1.50. The fourth-order valence-corrected chi connectivity index (χ4v) is 2.59. The number of fused-ring (bicyclic) bond motifs is 1. The van der Waals surface area contributed by atoms with E-state index in [0.29, 0.717) is 17.4 Å². The first-order chi connectivity index (χ1) is 11.1. The number of carbonyl (C=O) groups excluding carboxylic acids is 1. The van der Waals surface area contributed by atoms with Gasteiger partial charge >= 0.3 is 0 Å². The second-order valence-corrected chi connectivity index (χ2v) is 6.07. The highest BCUT2D eigenvalue weighted by atomic mass is 16.5. The zero-order valence-electron chi connectivity index (χ0n) is 13.0. The van der Waals surface area contributed by atoms with E-state index in [1.807, 2.05) is 26.0 Å². The summed E-state index contributed by atoms with van der Waals surface area (Å²) in [4.78, 5) is 16.8. The van der Waals surface area contributed by atoms with E-state index in [1.165, 1.54) is 0 Å². The summed E-state index contributed by atoms with van der Waals surface area (Å²) in [5.41, 5.74) is 1.35. The molecule has 0 aliphatic heterocycles. The van der Waals surface area contributed by atoms with Crippen molar-refractivity contribution in [2.45, 2.75) is 38.6 Å². The summed E-state index contributed by atoms with van der Waals surface area (Å²) in [6.07, 6.45) is 2.23. The predicted molar refractivity (Wildman–Crippen MR) is 83.1 cm³/mol. The van der Waals surface area contributed by atoms with Gasteiger partial charge in [-0.2, -0.15) is 4.98 Å². The fraction of sp³-hybridized carbons (Fsp3) is 0.353. The number of aryl methyl sites for hydroxylation is 1. The van der Waals surface area contributed by atoms with Gasteiger partial charge in [-0.3, -0.25) is 4.79 Å². The number of hydrogen-bond donors (Lipinski definition) is 1. The molecule has 3 aromatic rings. The normalized spacial score (nSPS) is 15.7. The van der Waals surface area contributed by atoms with Gasteiger partial charge in [-0.05, 0) is 51.0 Å². The number of rotatable bonds is 4. The molecule has 1 aliphatic rings. The smallest absolute Gasteiger partial charge is 0.251 e. The van der Waals surface area contributed by atoms with Crippen LogP contribution in [0.3, 0.4) is 0 Å². The van der Waals surface area contributed by atoms with Gasteiger partial charge in [0.25, 0.3) is 5.91 Å². The SMILES string of the molecule is Cc1cc2cc(C(=O)N[C@H](C)c3nc(C4CC4)no3)ccc2o1. The third-order valence-electron chi connectivity index (χ3n) is 4.02. The lowest BCUT2D eigenvalue weighted by Gasteiger charge is -2.09. The molecule has 1 amide bonds. The Kier molecular flexibility index (Phi) is 3.18. The number of furan rings is 1. The monoisotopic (exact) mass is 311 g/mol. The maximum absolute atomic E-state index is 12.4. The molecule has 1 fully saturated rings. The van der Waals surface area contributed by atoms with E-state index < -0.39 is 0 Å². The van der Waals surface area contributed by atoms with Crippen LogP contribution in [0.5, 0.6) is 0 Å². The van der Waals surface area contributed by atoms with Gasteiger partial charge in [-0.1, -0.05) is 5.16 Å². The molecule has 23 heavy (non-hydrogen) atoms. The van der Waals surface area contributed by atoms with Crippen molar-refractivity contribution in [1.82, 2.24) is 15.5 Å². The van der Waals surface area contributed by atoms with Crippen LogP contribution in [0.4, 0.5) is 0 Å². The Bertz CT molecular complexity index is 876. The highest BCUT2D eigenvalue weighted by Crippen LogP contribution is 2.38. The zero-order valence-corrected chi connectivity index (χ0v) is 13.0. The number of nitrogens with one attached hydrogen (secondary N) is 1. The van der Waals surface area contributed by atoms with Crippen LogP contribution in [0.1, 0.15) is 59.6 Å². The zero-order chi connectivity index (χ0) is 16.0. The van der Waals surface area contributed by atoms with E-state index in [2.05, 4.69) is 15.5 Å². The van der Waals surface area contributed by atoms with E-state index in [4.69, 9.17) is 8.94 Å².